The fraction of sp³-hybridized carbons (Fsp3) is 0.208. The lowest BCUT2D eigenvalue weighted by molar-refractivity contribution is 0.0967. The van der Waals surface area contributed by atoms with Crippen molar-refractivity contribution in [3.8, 4) is 11.5 Å². The molecule has 0 fully saturated rings. The molecule has 0 aliphatic carbocycles. The van der Waals surface area contributed by atoms with E-state index in [1.54, 1.807) is 23.1 Å². The maximum atomic E-state index is 13.5. The van der Waals surface area contributed by atoms with E-state index in [0.717, 1.165) is 29.2 Å². The zero-order valence-corrected chi connectivity index (χ0v) is 16.5. The van der Waals surface area contributed by atoms with Crippen molar-refractivity contribution in [1.29, 1.82) is 0 Å². The molecule has 6 heteroatoms. The highest BCUT2D eigenvalue weighted by molar-refractivity contribution is 6.12. The minimum absolute atomic E-state index is 0.0627. The van der Waals surface area contributed by atoms with Crippen molar-refractivity contribution >= 4 is 17.3 Å². The number of anilines is 2. The molecular weight excluding hydrogens is 383 g/mol. The number of rotatable bonds is 4. The van der Waals surface area contributed by atoms with E-state index < -0.39 is 0 Å². The summed E-state index contributed by atoms with van der Waals surface area (Å²) >= 11 is 0. The average Bonchev–Trinajstić information content (AvgIpc) is 3.22. The normalized spacial score (nSPS) is 18.0. The molecule has 0 radical (unpaired) electrons. The molecule has 0 bridgehead atoms. The number of halogens is 1. The van der Waals surface area contributed by atoms with Gasteiger partial charge in [0.25, 0.3) is 5.91 Å². The Hall–Kier alpha value is -3.54. The van der Waals surface area contributed by atoms with E-state index in [0.29, 0.717) is 11.3 Å². The molecule has 0 saturated carbocycles. The standard InChI is InChI=1S/C24H21FN2O3/c1-15(12-16-6-11-21-22(13-16)30-14-29-21)23-26-20-5-3-2-4-19(20)24(28)27(23)18-9-7-17(25)8-10-18/h2-11,13,15,23,26H,12,14H2,1H3/t15-,23-/m0/s1. The van der Waals surface area contributed by atoms with Crippen LogP contribution in [-0.2, 0) is 6.42 Å². The summed E-state index contributed by atoms with van der Waals surface area (Å²) in [6, 6.07) is 19.4. The topological polar surface area (TPSA) is 50.8 Å². The van der Waals surface area contributed by atoms with Crippen LogP contribution < -0.4 is 19.7 Å². The Morgan fingerprint density at radius 3 is 2.67 bits per heavy atom. The number of carbonyl (C=O) groups is 1. The summed E-state index contributed by atoms with van der Waals surface area (Å²) in [5, 5.41) is 3.52. The molecule has 5 rings (SSSR count). The van der Waals surface area contributed by atoms with Gasteiger partial charge in [-0.05, 0) is 66.4 Å². The minimum atomic E-state index is -0.332. The predicted molar refractivity (Wildman–Crippen MR) is 112 cm³/mol. The van der Waals surface area contributed by atoms with Gasteiger partial charge in [0.2, 0.25) is 6.79 Å². The fourth-order valence-electron chi connectivity index (χ4n) is 4.10. The number of hydrogen-bond acceptors (Lipinski definition) is 4. The summed E-state index contributed by atoms with van der Waals surface area (Å²) in [5.41, 5.74) is 3.17. The van der Waals surface area contributed by atoms with E-state index in [4.69, 9.17) is 9.47 Å². The Kier molecular flexibility index (Phi) is 4.54. The van der Waals surface area contributed by atoms with Crippen LogP contribution in [0.3, 0.4) is 0 Å². The highest BCUT2D eigenvalue weighted by Crippen LogP contribution is 2.36. The Morgan fingerprint density at radius 1 is 1.07 bits per heavy atom. The number of nitrogens with zero attached hydrogens (tertiary/aromatic N) is 1. The number of ether oxygens (including phenoxy) is 2. The number of amides is 1. The summed E-state index contributed by atoms with van der Waals surface area (Å²) < 4.78 is 24.4. The van der Waals surface area contributed by atoms with Gasteiger partial charge in [0.1, 0.15) is 12.0 Å². The van der Waals surface area contributed by atoms with Crippen LogP contribution in [0.4, 0.5) is 15.8 Å². The number of benzene rings is 3. The van der Waals surface area contributed by atoms with Crippen molar-refractivity contribution in [2.75, 3.05) is 17.0 Å². The van der Waals surface area contributed by atoms with Crippen LogP contribution in [0.15, 0.2) is 66.7 Å². The number of para-hydroxylation sites is 1. The van der Waals surface area contributed by atoms with Gasteiger partial charge in [-0.15, -0.1) is 0 Å². The third-order valence-corrected chi connectivity index (χ3v) is 5.60. The summed E-state index contributed by atoms with van der Waals surface area (Å²) in [4.78, 5) is 15.1. The number of fused-ring (bicyclic) bond motifs is 2. The lowest BCUT2D eigenvalue weighted by atomic mass is 9.94. The first-order valence-electron chi connectivity index (χ1n) is 9.93. The zero-order chi connectivity index (χ0) is 20.7. The third-order valence-electron chi connectivity index (χ3n) is 5.60. The van der Waals surface area contributed by atoms with Gasteiger partial charge >= 0.3 is 0 Å². The first kappa shape index (κ1) is 18.5. The molecule has 1 N–H and O–H groups in total. The minimum Gasteiger partial charge on any atom is -0.454 e. The number of hydrogen-bond donors (Lipinski definition) is 1. The van der Waals surface area contributed by atoms with Crippen molar-refractivity contribution in [3.63, 3.8) is 0 Å². The molecule has 2 heterocycles. The predicted octanol–water partition coefficient (Wildman–Crippen LogP) is 4.83. The van der Waals surface area contributed by atoms with Gasteiger partial charge < -0.3 is 14.8 Å². The lowest BCUT2D eigenvalue weighted by Crippen LogP contribution is -2.52. The van der Waals surface area contributed by atoms with E-state index >= 15 is 0 Å². The maximum absolute atomic E-state index is 13.5. The molecule has 5 nitrogen and oxygen atoms in total. The monoisotopic (exact) mass is 404 g/mol. The van der Waals surface area contributed by atoms with Crippen molar-refractivity contribution in [1.82, 2.24) is 0 Å². The molecule has 0 unspecified atom stereocenters. The fourth-order valence-corrected chi connectivity index (χ4v) is 4.10. The van der Waals surface area contributed by atoms with Gasteiger partial charge in [-0.1, -0.05) is 25.1 Å². The van der Waals surface area contributed by atoms with Crippen molar-refractivity contribution in [3.05, 3.63) is 83.7 Å². The van der Waals surface area contributed by atoms with Crippen molar-refractivity contribution in [2.45, 2.75) is 19.5 Å². The molecule has 2 aliphatic heterocycles. The molecule has 3 aromatic carbocycles. The van der Waals surface area contributed by atoms with Gasteiger partial charge in [0, 0.05) is 11.4 Å². The highest BCUT2D eigenvalue weighted by atomic mass is 19.1. The van der Waals surface area contributed by atoms with Crippen LogP contribution in [0, 0.1) is 11.7 Å². The average molecular weight is 404 g/mol. The first-order chi connectivity index (χ1) is 14.6. The SMILES string of the molecule is C[C@@H](Cc1ccc2c(c1)OCO2)[C@H]1Nc2ccccc2C(=O)N1c1ccc(F)cc1. The summed E-state index contributed by atoms with van der Waals surface area (Å²) in [7, 11) is 0. The Bertz CT molecular complexity index is 1100. The quantitative estimate of drug-likeness (QED) is 0.677. The second-order valence-corrected chi connectivity index (χ2v) is 7.66. The Balaban J connectivity index is 1.48. The highest BCUT2D eigenvalue weighted by Gasteiger charge is 2.36. The van der Waals surface area contributed by atoms with Gasteiger partial charge in [0.15, 0.2) is 11.5 Å². The molecule has 152 valence electrons. The number of nitrogens with one attached hydrogen (secondary N) is 1. The van der Waals surface area contributed by atoms with Gasteiger partial charge in [0.05, 0.1) is 5.56 Å². The molecule has 3 aromatic rings. The molecule has 0 saturated heterocycles. The summed E-state index contributed by atoms with van der Waals surface area (Å²) in [6.45, 7) is 2.34. The largest absolute Gasteiger partial charge is 0.454 e. The smallest absolute Gasteiger partial charge is 0.262 e. The molecule has 0 aromatic heterocycles. The van der Waals surface area contributed by atoms with Crippen molar-refractivity contribution < 1.29 is 18.7 Å². The second-order valence-electron chi connectivity index (χ2n) is 7.66. The van der Waals surface area contributed by atoms with Crippen LogP contribution >= 0.6 is 0 Å². The van der Waals surface area contributed by atoms with Crippen LogP contribution in [0.25, 0.3) is 0 Å². The van der Waals surface area contributed by atoms with E-state index in [1.165, 1.54) is 12.1 Å². The summed E-state index contributed by atoms with van der Waals surface area (Å²) in [6.07, 6.45) is 0.435. The molecular formula is C24H21FN2O3. The molecule has 2 atom stereocenters. The Labute approximate surface area is 174 Å². The molecule has 30 heavy (non-hydrogen) atoms. The van der Waals surface area contributed by atoms with Crippen LogP contribution in [0.2, 0.25) is 0 Å². The van der Waals surface area contributed by atoms with Crippen LogP contribution in [0.5, 0.6) is 11.5 Å². The van der Waals surface area contributed by atoms with E-state index in [2.05, 4.69) is 12.2 Å². The molecule has 2 aliphatic rings. The van der Waals surface area contributed by atoms with Crippen LogP contribution in [-0.4, -0.2) is 18.9 Å². The van der Waals surface area contributed by atoms with Gasteiger partial charge in [-0.3, -0.25) is 9.69 Å². The van der Waals surface area contributed by atoms with E-state index in [9.17, 15) is 9.18 Å². The van der Waals surface area contributed by atoms with E-state index in [-0.39, 0.29) is 30.6 Å². The maximum Gasteiger partial charge on any atom is 0.262 e. The first-order valence-corrected chi connectivity index (χ1v) is 9.93. The lowest BCUT2D eigenvalue weighted by Gasteiger charge is -2.41. The van der Waals surface area contributed by atoms with Crippen molar-refractivity contribution in [2.24, 2.45) is 5.92 Å². The van der Waals surface area contributed by atoms with Gasteiger partial charge in [-0.25, -0.2) is 4.39 Å². The summed E-state index contributed by atoms with van der Waals surface area (Å²) in [5.74, 6) is 1.13. The molecule has 1 amide bonds. The van der Waals surface area contributed by atoms with Gasteiger partial charge in [-0.2, -0.15) is 0 Å². The van der Waals surface area contributed by atoms with Crippen LogP contribution in [0.1, 0.15) is 22.8 Å². The van der Waals surface area contributed by atoms with E-state index in [1.807, 2.05) is 36.4 Å². The Morgan fingerprint density at radius 2 is 1.83 bits per heavy atom. The number of carbonyl (C=O) groups excluding carboxylic acids is 1. The second kappa shape index (κ2) is 7.37. The molecule has 0 spiro atoms. The third kappa shape index (κ3) is 3.24. The zero-order valence-electron chi connectivity index (χ0n) is 16.5.